The zero-order valence-corrected chi connectivity index (χ0v) is 23.0. The number of para-hydroxylation sites is 1. The Kier molecular flexibility index (Phi) is 8.13. The zero-order chi connectivity index (χ0) is 27.2. The second kappa shape index (κ2) is 11.9. The third-order valence-corrected chi connectivity index (χ3v) is 9.19. The monoisotopic (exact) mass is 538 g/mol. The van der Waals surface area contributed by atoms with Gasteiger partial charge in [0.2, 0.25) is 0 Å². The second-order valence-corrected chi connectivity index (χ2v) is 11.9. The van der Waals surface area contributed by atoms with Crippen molar-refractivity contribution in [2.45, 2.75) is 56.5 Å². The van der Waals surface area contributed by atoms with Crippen LogP contribution >= 0.6 is 0 Å². The molecule has 5 nitrogen and oxygen atoms in total. The lowest BCUT2D eigenvalue weighted by Gasteiger charge is -2.25. The van der Waals surface area contributed by atoms with Crippen LogP contribution in [0.1, 0.15) is 64.8 Å². The predicted octanol–water partition coefficient (Wildman–Crippen LogP) is 6.84. The molecular weight excluding hydrogens is 504 g/mol. The maximum absolute atomic E-state index is 13.6. The normalized spacial score (nSPS) is 13.8. The largest absolute Gasteiger partial charge is 0.345 e. The van der Waals surface area contributed by atoms with Crippen molar-refractivity contribution in [2.24, 2.45) is 0 Å². The summed E-state index contributed by atoms with van der Waals surface area (Å²) in [7, 11) is -3.78. The van der Waals surface area contributed by atoms with Crippen molar-refractivity contribution < 1.29 is 13.2 Å². The lowest BCUT2D eigenvalue weighted by molar-refractivity contribution is 0.0935. The first-order valence-corrected chi connectivity index (χ1v) is 15.0. The number of nitrogens with zero attached hydrogens (tertiary/aromatic N) is 1. The molecule has 0 unspecified atom stereocenters. The molecule has 5 rings (SSSR count). The van der Waals surface area contributed by atoms with E-state index in [2.05, 4.69) is 30.4 Å². The molecule has 0 saturated heterocycles. The number of aryl methyl sites for hydroxylation is 2. The van der Waals surface area contributed by atoms with Crippen LogP contribution in [0.2, 0.25) is 0 Å². The maximum atomic E-state index is 13.6. The molecule has 4 aromatic rings. The van der Waals surface area contributed by atoms with Crippen LogP contribution < -0.4 is 9.62 Å². The van der Waals surface area contributed by atoms with Crippen molar-refractivity contribution >= 4 is 21.6 Å². The minimum absolute atomic E-state index is 0.0611. The fourth-order valence-corrected chi connectivity index (χ4v) is 6.66. The van der Waals surface area contributed by atoms with Crippen LogP contribution in [-0.4, -0.2) is 14.3 Å². The summed E-state index contributed by atoms with van der Waals surface area (Å²) in [6, 6.07) is 31.3. The summed E-state index contributed by atoms with van der Waals surface area (Å²) in [6.07, 6.45) is 5.51. The van der Waals surface area contributed by atoms with E-state index in [1.165, 1.54) is 28.3 Å². The molecule has 0 aliphatic heterocycles. The van der Waals surface area contributed by atoms with E-state index in [0.29, 0.717) is 11.3 Å². The maximum Gasteiger partial charge on any atom is 0.264 e. The number of hydrogen-bond acceptors (Lipinski definition) is 3. The molecule has 1 amide bonds. The summed E-state index contributed by atoms with van der Waals surface area (Å²) in [5.74, 6) is -0.136. The van der Waals surface area contributed by atoms with E-state index in [1.54, 1.807) is 54.6 Å². The molecule has 0 fully saturated rings. The van der Waals surface area contributed by atoms with Crippen molar-refractivity contribution in [3.05, 3.63) is 131 Å². The standard InChI is InChI=1S/C33H34N2O3S/c1-2-32(29-22-21-26-11-9-10-12-28(26)23-29)34-33(36)27-19-17-25(18-20-27)24-35(30-13-5-3-6-14-30)39(37,38)31-15-7-4-8-16-31/h3-8,13-23,32H,2,9-12,24H2,1H3,(H,34,36)/t32-/m1/s1. The number of fused-ring (bicyclic) bond motifs is 1. The molecule has 1 aliphatic carbocycles. The molecule has 0 aromatic heterocycles. The number of sulfonamides is 1. The molecule has 1 N–H and O–H groups in total. The van der Waals surface area contributed by atoms with E-state index in [1.807, 2.05) is 30.3 Å². The molecule has 0 saturated carbocycles. The highest BCUT2D eigenvalue weighted by Crippen LogP contribution is 2.28. The second-order valence-electron chi connectivity index (χ2n) is 10.0. The summed E-state index contributed by atoms with van der Waals surface area (Å²) in [5.41, 5.74) is 5.90. The lowest BCUT2D eigenvalue weighted by Crippen LogP contribution is -2.30. The van der Waals surface area contributed by atoms with E-state index < -0.39 is 10.0 Å². The van der Waals surface area contributed by atoms with Crippen molar-refractivity contribution in [1.29, 1.82) is 0 Å². The number of hydrogen-bond donors (Lipinski definition) is 1. The van der Waals surface area contributed by atoms with Gasteiger partial charge < -0.3 is 5.32 Å². The minimum atomic E-state index is -3.78. The van der Waals surface area contributed by atoms with Gasteiger partial charge in [-0.25, -0.2) is 8.42 Å². The highest BCUT2D eigenvalue weighted by atomic mass is 32.2. The zero-order valence-electron chi connectivity index (χ0n) is 22.2. The van der Waals surface area contributed by atoms with Gasteiger partial charge in [0.05, 0.1) is 23.2 Å². The summed E-state index contributed by atoms with van der Waals surface area (Å²) in [4.78, 5) is 13.4. The Morgan fingerprint density at radius 1 is 0.821 bits per heavy atom. The molecule has 1 atom stereocenters. The van der Waals surface area contributed by atoms with Gasteiger partial charge in [0, 0.05) is 5.56 Å². The number of amides is 1. The molecule has 0 heterocycles. The molecular formula is C33H34N2O3S. The predicted molar refractivity (Wildman–Crippen MR) is 156 cm³/mol. The molecule has 4 aromatic carbocycles. The van der Waals surface area contributed by atoms with Gasteiger partial charge in [0.25, 0.3) is 15.9 Å². The average molecular weight is 539 g/mol. The molecule has 6 heteroatoms. The van der Waals surface area contributed by atoms with E-state index in [-0.39, 0.29) is 23.4 Å². The first kappa shape index (κ1) is 26.7. The van der Waals surface area contributed by atoms with Gasteiger partial charge in [-0.15, -0.1) is 0 Å². The summed E-state index contributed by atoms with van der Waals surface area (Å²) in [6.45, 7) is 2.23. The molecule has 200 valence electrons. The summed E-state index contributed by atoms with van der Waals surface area (Å²) >= 11 is 0. The highest BCUT2D eigenvalue weighted by Gasteiger charge is 2.25. The third-order valence-electron chi connectivity index (χ3n) is 7.41. The van der Waals surface area contributed by atoms with Crippen LogP contribution in [0.3, 0.4) is 0 Å². The first-order valence-electron chi connectivity index (χ1n) is 13.6. The molecule has 0 bridgehead atoms. The Bertz CT molecular complexity index is 1520. The van der Waals surface area contributed by atoms with Crippen LogP contribution in [0, 0.1) is 0 Å². The van der Waals surface area contributed by atoms with Gasteiger partial charge in [-0.05, 0) is 90.8 Å². The van der Waals surface area contributed by atoms with E-state index >= 15 is 0 Å². The van der Waals surface area contributed by atoms with E-state index in [9.17, 15) is 13.2 Å². The lowest BCUT2D eigenvalue weighted by atomic mass is 9.88. The molecule has 1 aliphatic rings. The number of anilines is 1. The van der Waals surface area contributed by atoms with Crippen LogP contribution in [0.25, 0.3) is 0 Å². The Morgan fingerprint density at radius 2 is 1.46 bits per heavy atom. The Labute approximate surface area is 231 Å². The van der Waals surface area contributed by atoms with Gasteiger partial charge in [-0.3, -0.25) is 9.10 Å². The molecule has 0 spiro atoms. The van der Waals surface area contributed by atoms with Crippen molar-refractivity contribution in [3.63, 3.8) is 0 Å². The number of rotatable bonds is 9. The average Bonchev–Trinajstić information content (AvgIpc) is 2.99. The van der Waals surface area contributed by atoms with Crippen LogP contribution in [0.15, 0.2) is 108 Å². The number of nitrogens with one attached hydrogen (secondary N) is 1. The SMILES string of the molecule is CC[C@@H](NC(=O)c1ccc(CN(c2ccccc2)S(=O)(=O)c2ccccc2)cc1)c1ccc2c(c1)CCCC2. The number of benzene rings is 4. The van der Waals surface area contributed by atoms with Gasteiger partial charge in [0.1, 0.15) is 0 Å². The fourth-order valence-electron chi connectivity index (χ4n) is 5.19. The fraction of sp³-hybridized carbons (Fsp3) is 0.242. The smallest absolute Gasteiger partial charge is 0.264 e. The van der Waals surface area contributed by atoms with Crippen LogP contribution in [0.5, 0.6) is 0 Å². The summed E-state index contributed by atoms with van der Waals surface area (Å²) in [5, 5.41) is 3.19. The van der Waals surface area contributed by atoms with E-state index in [4.69, 9.17) is 0 Å². The molecule has 0 radical (unpaired) electrons. The van der Waals surface area contributed by atoms with Crippen molar-refractivity contribution in [3.8, 4) is 0 Å². The quantitative estimate of drug-likeness (QED) is 0.254. The van der Waals surface area contributed by atoms with Gasteiger partial charge in [-0.1, -0.05) is 73.7 Å². The van der Waals surface area contributed by atoms with Crippen molar-refractivity contribution in [2.75, 3.05) is 4.31 Å². The van der Waals surface area contributed by atoms with Gasteiger partial charge in [0.15, 0.2) is 0 Å². The first-order chi connectivity index (χ1) is 19.0. The van der Waals surface area contributed by atoms with Crippen molar-refractivity contribution in [1.82, 2.24) is 5.32 Å². The van der Waals surface area contributed by atoms with Gasteiger partial charge >= 0.3 is 0 Å². The Hall–Kier alpha value is -3.90. The highest BCUT2D eigenvalue weighted by molar-refractivity contribution is 7.92. The van der Waals surface area contributed by atoms with Gasteiger partial charge in [-0.2, -0.15) is 0 Å². The molecule has 39 heavy (non-hydrogen) atoms. The minimum Gasteiger partial charge on any atom is -0.345 e. The summed E-state index contributed by atoms with van der Waals surface area (Å²) < 4.78 is 28.5. The van der Waals surface area contributed by atoms with Crippen LogP contribution in [-0.2, 0) is 29.4 Å². The number of carbonyl (C=O) groups is 1. The Morgan fingerprint density at radius 3 is 2.13 bits per heavy atom. The topological polar surface area (TPSA) is 66.5 Å². The van der Waals surface area contributed by atoms with E-state index in [0.717, 1.165) is 30.4 Å². The Balaban J connectivity index is 1.33. The third kappa shape index (κ3) is 6.07. The van der Waals surface area contributed by atoms with Crippen LogP contribution in [0.4, 0.5) is 5.69 Å². The number of carbonyl (C=O) groups excluding carboxylic acids is 1.